The van der Waals surface area contributed by atoms with Gasteiger partial charge in [-0.05, 0) is 52.2 Å². The van der Waals surface area contributed by atoms with Gasteiger partial charge in [0.05, 0.1) is 14.2 Å². The largest absolute Gasteiger partial charge is 0.497 e. The van der Waals surface area contributed by atoms with Gasteiger partial charge in [-0.15, -0.1) is 0 Å². The molecule has 1 atom stereocenters. The number of rotatable bonds is 16. The number of amides is 3. The van der Waals surface area contributed by atoms with Crippen LogP contribution in [-0.4, -0.2) is 79.6 Å². The second kappa shape index (κ2) is 16.8. The highest BCUT2D eigenvalue weighted by atomic mass is 16.6. The summed E-state index contributed by atoms with van der Waals surface area (Å²) in [6, 6.07) is 3.96. The molecular weight excluding hydrogens is 510 g/mol. The van der Waals surface area contributed by atoms with Crippen molar-refractivity contribution in [2.75, 3.05) is 33.9 Å². The first-order valence-electron chi connectivity index (χ1n) is 12.6. The lowest BCUT2D eigenvalue weighted by atomic mass is 10.1. The third-order valence-electron chi connectivity index (χ3n) is 5.30. The van der Waals surface area contributed by atoms with Crippen LogP contribution < -0.4 is 20.1 Å². The molecule has 12 heteroatoms. The molecule has 0 unspecified atom stereocenters. The monoisotopic (exact) mass is 551 g/mol. The molecule has 0 saturated carbocycles. The number of carbonyl (C=O) groups is 4. The number of hydrogen-bond acceptors (Lipinski definition) is 8. The molecule has 0 aliphatic carbocycles. The number of unbranched alkanes of at least 4 members (excludes halogenated alkanes) is 1. The van der Waals surface area contributed by atoms with Crippen LogP contribution in [0.4, 0.5) is 9.59 Å². The molecule has 12 nitrogen and oxygen atoms in total. The molecule has 0 radical (unpaired) electrons. The Morgan fingerprint density at radius 2 is 1.82 bits per heavy atom. The Hall–Kier alpha value is -3.96. The standard InChI is InChI=1S/C27H41N3O9/c1-7-16-38-25(34)28-14-8-9-15-30(18-19-10-11-20(36-5)17-22(19)37-6)23(31)13-12-21(24(32)33)29-26(35)39-27(2,3)4/h7,10-11,17,21H,1,8-9,12-16,18H2,2-6H3,(H,28,34)(H,29,35)(H,32,33)/t21-/m0/s1. The number of alkyl carbamates (subject to hydrolysis) is 2. The molecule has 3 N–H and O–H groups in total. The minimum atomic E-state index is -1.30. The summed E-state index contributed by atoms with van der Waals surface area (Å²) in [7, 11) is 3.05. The Morgan fingerprint density at radius 3 is 2.41 bits per heavy atom. The van der Waals surface area contributed by atoms with Crippen molar-refractivity contribution in [3.05, 3.63) is 36.4 Å². The molecule has 0 fully saturated rings. The van der Waals surface area contributed by atoms with Crippen molar-refractivity contribution < 1.29 is 43.2 Å². The van der Waals surface area contributed by atoms with Crippen molar-refractivity contribution in [2.24, 2.45) is 0 Å². The van der Waals surface area contributed by atoms with Gasteiger partial charge in [0, 0.05) is 37.7 Å². The summed E-state index contributed by atoms with van der Waals surface area (Å²) >= 11 is 0. The molecule has 0 heterocycles. The average Bonchev–Trinajstić information content (AvgIpc) is 2.87. The third-order valence-corrected chi connectivity index (χ3v) is 5.30. The zero-order valence-corrected chi connectivity index (χ0v) is 23.4. The lowest BCUT2D eigenvalue weighted by molar-refractivity contribution is -0.140. The number of ether oxygens (including phenoxy) is 4. The van der Waals surface area contributed by atoms with E-state index in [9.17, 15) is 24.3 Å². The molecule has 1 rings (SSSR count). The van der Waals surface area contributed by atoms with Gasteiger partial charge in [0.2, 0.25) is 5.91 Å². The summed E-state index contributed by atoms with van der Waals surface area (Å²) in [6.07, 6.45) is 0.922. The maximum Gasteiger partial charge on any atom is 0.408 e. The van der Waals surface area contributed by atoms with Crippen LogP contribution in [0.2, 0.25) is 0 Å². The van der Waals surface area contributed by atoms with Crippen LogP contribution in [0.25, 0.3) is 0 Å². The molecule has 1 aromatic rings. The van der Waals surface area contributed by atoms with Crippen LogP contribution >= 0.6 is 0 Å². The highest BCUT2D eigenvalue weighted by Crippen LogP contribution is 2.26. The van der Waals surface area contributed by atoms with Crippen LogP contribution in [0.1, 0.15) is 52.0 Å². The molecule has 1 aromatic carbocycles. The van der Waals surface area contributed by atoms with Crippen LogP contribution in [0, 0.1) is 0 Å². The minimum Gasteiger partial charge on any atom is -0.497 e. The fourth-order valence-corrected chi connectivity index (χ4v) is 3.42. The van der Waals surface area contributed by atoms with E-state index in [1.165, 1.54) is 20.3 Å². The van der Waals surface area contributed by atoms with Gasteiger partial charge in [-0.2, -0.15) is 0 Å². The number of benzene rings is 1. The van der Waals surface area contributed by atoms with Gasteiger partial charge in [0.1, 0.15) is 29.7 Å². The van der Waals surface area contributed by atoms with Gasteiger partial charge in [-0.25, -0.2) is 14.4 Å². The SMILES string of the molecule is C=CCOC(=O)NCCCCN(Cc1ccc(OC)cc1OC)C(=O)CC[C@H](NC(=O)OC(C)(C)C)C(=O)O. The van der Waals surface area contributed by atoms with Crippen LogP contribution in [-0.2, 0) is 25.6 Å². The lowest BCUT2D eigenvalue weighted by Gasteiger charge is -2.25. The van der Waals surface area contributed by atoms with E-state index in [4.69, 9.17) is 18.9 Å². The molecule has 0 aliphatic rings. The number of hydrogen-bond donors (Lipinski definition) is 3. The maximum absolute atomic E-state index is 13.2. The van der Waals surface area contributed by atoms with E-state index >= 15 is 0 Å². The molecule has 218 valence electrons. The quantitative estimate of drug-likeness (QED) is 0.207. The Bertz CT molecular complexity index is 976. The highest BCUT2D eigenvalue weighted by molar-refractivity contribution is 5.82. The maximum atomic E-state index is 13.2. The number of carboxylic acid groups (broad SMARTS) is 1. The molecule has 0 bridgehead atoms. The van der Waals surface area contributed by atoms with Crippen molar-refractivity contribution in [3.63, 3.8) is 0 Å². The molecular formula is C27H41N3O9. The molecule has 3 amide bonds. The van der Waals surface area contributed by atoms with Gasteiger partial charge in [-0.1, -0.05) is 12.7 Å². The Labute approximate surface area is 229 Å². The summed E-state index contributed by atoms with van der Waals surface area (Å²) in [5, 5.41) is 14.5. The number of carboxylic acids is 1. The van der Waals surface area contributed by atoms with Crippen molar-refractivity contribution in [2.45, 2.75) is 64.6 Å². The number of nitrogens with one attached hydrogen (secondary N) is 2. The second-order valence-electron chi connectivity index (χ2n) is 9.59. The smallest absolute Gasteiger partial charge is 0.408 e. The minimum absolute atomic E-state index is 0.109. The fraction of sp³-hybridized carbons (Fsp3) is 0.556. The topological polar surface area (TPSA) is 153 Å². The first kappa shape index (κ1) is 33.1. The zero-order valence-electron chi connectivity index (χ0n) is 23.4. The zero-order chi connectivity index (χ0) is 29.4. The summed E-state index contributed by atoms with van der Waals surface area (Å²) in [6.45, 7) is 9.48. The predicted molar refractivity (Wildman–Crippen MR) is 144 cm³/mol. The van der Waals surface area contributed by atoms with E-state index in [0.717, 1.165) is 5.56 Å². The van der Waals surface area contributed by atoms with Crippen molar-refractivity contribution in [3.8, 4) is 11.5 Å². The average molecular weight is 552 g/mol. The van der Waals surface area contributed by atoms with Gasteiger partial charge >= 0.3 is 18.2 Å². The number of aliphatic carboxylic acids is 1. The molecule has 0 aliphatic heterocycles. The van der Waals surface area contributed by atoms with Crippen molar-refractivity contribution in [1.29, 1.82) is 0 Å². The second-order valence-corrected chi connectivity index (χ2v) is 9.59. The van der Waals surface area contributed by atoms with Crippen molar-refractivity contribution in [1.82, 2.24) is 15.5 Å². The summed E-state index contributed by atoms with van der Waals surface area (Å²) < 4.78 is 20.7. The summed E-state index contributed by atoms with van der Waals surface area (Å²) in [4.78, 5) is 50.2. The Morgan fingerprint density at radius 1 is 1.10 bits per heavy atom. The van der Waals surface area contributed by atoms with Crippen molar-refractivity contribution >= 4 is 24.1 Å². The van der Waals surface area contributed by atoms with E-state index in [-0.39, 0.29) is 31.9 Å². The first-order chi connectivity index (χ1) is 18.4. The molecule has 0 saturated heterocycles. The van der Waals surface area contributed by atoms with Gasteiger partial charge < -0.3 is 39.6 Å². The van der Waals surface area contributed by atoms with Crippen LogP contribution in [0.5, 0.6) is 11.5 Å². The van der Waals surface area contributed by atoms with E-state index in [1.807, 2.05) is 0 Å². The molecule has 0 spiro atoms. The lowest BCUT2D eigenvalue weighted by Crippen LogP contribution is -2.44. The van der Waals surface area contributed by atoms with Gasteiger partial charge in [0.25, 0.3) is 0 Å². The van der Waals surface area contributed by atoms with E-state index < -0.39 is 29.8 Å². The fourth-order valence-electron chi connectivity index (χ4n) is 3.42. The van der Waals surface area contributed by atoms with E-state index in [1.54, 1.807) is 43.9 Å². The van der Waals surface area contributed by atoms with E-state index in [0.29, 0.717) is 37.4 Å². The Kier molecular flexibility index (Phi) is 14.2. The number of methoxy groups -OCH3 is 2. The normalized spacial score (nSPS) is 11.5. The molecule has 39 heavy (non-hydrogen) atoms. The van der Waals surface area contributed by atoms with Gasteiger partial charge in [0.15, 0.2) is 0 Å². The molecule has 0 aromatic heterocycles. The van der Waals surface area contributed by atoms with E-state index in [2.05, 4.69) is 17.2 Å². The third kappa shape index (κ3) is 13.4. The van der Waals surface area contributed by atoms with Crippen LogP contribution in [0.3, 0.4) is 0 Å². The van der Waals surface area contributed by atoms with Crippen LogP contribution in [0.15, 0.2) is 30.9 Å². The predicted octanol–water partition coefficient (Wildman–Crippen LogP) is 3.48. The number of nitrogens with zero attached hydrogens (tertiary/aromatic N) is 1. The summed E-state index contributed by atoms with van der Waals surface area (Å²) in [5.74, 6) is -0.441. The highest BCUT2D eigenvalue weighted by Gasteiger charge is 2.26. The van der Waals surface area contributed by atoms with Gasteiger partial charge in [-0.3, -0.25) is 4.79 Å². The summed E-state index contributed by atoms with van der Waals surface area (Å²) in [5.41, 5.74) is -0.0616. The number of carbonyl (C=O) groups excluding carboxylic acids is 3. The first-order valence-corrected chi connectivity index (χ1v) is 12.6. The Balaban J connectivity index is 2.88.